The van der Waals surface area contributed by atoms with Gasteiger partial charge in [0.2, 0.25) is 0 Å². The Morgan fingerprint density at radius 2 is 2.29 bits per heavy atom. The maximum atomic E-state index is 11.3. The third-order valence-electron chi connectivity index (χ3n) is 2.07. The predicted octanol–water partition coefficient (Wildman–Crippen LogP) is 1.48. The van der Waals surface area contributed by atoms with Gasteiger partial charge in [0.15, 0.2) is 0 Å². The lowest BCUT2D eigenvalue weighted by Gasteiger charge is -2.14. The molecule has 1 aliphatic rings. The minimum absolute atomic E-state index is 0.263. The highest BCUT2D eigenvalue weighted by molar-refractivity contribution is 6.30. The molecule has 1 aromatic rings. The number of carbonyl (C=O) groups excluding carboxylic acids is 1. The highest BCUT2D eigenvalue weighted by Gasteiger charge is 2.20. The third-order valence-corrected chi connectivity index (χ3v) is 2.42. The molecule has 0 saturated carbocycles. The van der Waals surface area contributed by atoms with E-state index in [0.29, 0.717) is 5.56 Å². The zero-order valence-corrected chi connectivity index (χ0v) is 7.95. The number of fused-ring (bicyclic) bond motifs is 1. The van der Waals surface area contributed by atoms with Crippen molar-refractivity contribution in [3.63, 3.8) is 0 Å². The van der Waals surface area contributed by atoms with Crippen LogP contribution in [0.1, 0.15) is 21.3 Å². The lowest BCUT2D eigenvalue weighted by atomic mass is 10.0. The number of hydrogen-bond donors (Lipinski definition) is 2. The van der Waals surface area contributed by atoms with Gasteiger partial charge in [-0.1, -0.05) is 0 Å². The van der Waals surface area contributed by atoms with E-state index in [1.54, 1.807) is 18.2 Å². The summed E-state index contributed by atoms with van der Waals surface area (Å²) < 4.78 is 0. The van der Waals surface area contributed by atoms with Crippen molar-refractivity contribution in [3.8, 4) is 0 Å². The topological polar surface area (TPSA) is 67.5 Å². The molecule has 0 aliphatic carbocycles. The van der Waals surface area contributed by atoms with Gasteiger partial charge in [0.1, 0.15) is 0 Å². The monoisotopic (exact) mass is 209 g/mol. The molecule has 0 fully saturated rings. The van der Waals surface area contributed by atoms with Gasteiger partial charge in [-0.2, -0.15) is 0 Å². The molecule has 1 aliphatic heterocycles. The summed E-state index contributed by atoms with van der Waals surface area (Å²) in [6.07, 6.45) is 1.42. The van der Waals surface area contributed by atoms with Crippen molar-refractivity contribution < 1.29 is 4.79 Å². The number of nitrogens with zero attached hydrogens (tertiary/aromatic N) is 1. The van der Waals surface area contributed by atoms with Crippen molar-refractivity contribution in [3.05, 3.63) is 29.3 Å². The molecule has 14 heavy (non-hydrogen) atoms. The first kappa shape index (κ1) is 9.18. The molecule has 5 heteroatoms. The summed E-state index contributed by atoms with van der Waals surface area (Å²) in [5.74, 6) is 4.99. The molecule has 1 unspecified atom stereocenters. The molecule has 72 valence electrons. The van der Waals surface area contributed by atoms with Crippen LogP contribution in [-0.4, -0.2) is 12.1 Å². The number of rotatable bonds is 1. The Morgan fingerprint density at radius 3 is 3.00 bits per heavy atom. The van der Waals surface area contributed by atoms with E-state index in [-0.39, 0.29) is 11.3 Å². The fraction of sp³-hybridized carbons (Fsp3) is 0.111. The summed E-state index contributed by atoms with van der Waals surface area (Å²) in [6.45, 7) is 0. The summed E-state index contributed by atoms with van der Waals surface area (Å²) in [5.41, 5.74) is 4.49. The number of nitrogen functional groups attached to an aromatic ring is 1. The highest BCUT2D eigenvalue weighted by Crippen LogP contribution is 2.28. The number of benzene rings is 1. The fourth-order valence-electron chi connectivity index (χ4n) is 1.36. The lowest BCUT2D eigenvalue weighted by Crippen LogP contribution is -2.13. The lowest BCUT2D eigenvalue weighted by molar-refractivity contribution is 0.100. The maximum Gasteiger partial charge on any atom is 0.277 e. The van der Waals surface area contributed by atoms with Gasteiger partial charge in [0, 0.05) is 17.5 Å². The third kappa shape index (κ3) is 1.38. The molecule has 1 aromatic carbocycles. The molecule has 0 radical (unpaired) electrons. The Hall–Kier alpha value is -1.39. The first-order valence-corrected chi connectivity index (χ1v) is 4.49. The average Bonchev–Trinajstić information content (AvgIpc) is 2.23. The van der Waals surface area contributed by atoms with E-state index in [1.807, 2.05) is 0 Å². The number of nitrogens with one attached hydrogen (secondary N) is 1. The number of nitrogens with two attached hydrogens (primary N) is 1. The summed E-state index contributed by atoms with van der Waals surface area (Å²) in [7, 11) is 0. The number of carbonyl (C=O) groups is 1. The average molecular weight is 210 g/mol. The number of alkyl halides is 1. The van der Waals surface area contributed by atoms with Crippen LogP contribution in [-0.2, 0) is 0 Å². The molecule has 2 rings (SSSR count). The Bertz CT molecular complexity index is 417. The van der Waals surface area contributed by atoms with E-state index in [0.717, 1.165) is 11.3 Å². The second-order valence-corrected chi connectivity index (χ2v) is 3.40. The van der Waals surface area contributed by atoms with Crippen LogP contribution in [0.2, 0.25) is 0 Å². The van der Waals surface area contributed by atoms with Gasteiger partial charge < -0.3 is 5.43 Å². The van der Waals surface area contributed by atoms with Crippen LogP contribution in [0.3, 0.4) is 0 Å². The summed E-state index contributed by atoms with van der Waals surface area (Å²) in [6, 6.07) is 5.12. The quantitative estimate of drug-likeness (QED) is 0.418. The Labute approximate surface area is 85.7 Å². The van der Waals surface area contributed by atoms with Gasteiger partial charge in [-0.25, -0.2) is 4.99 Å². The van der Waals surface area contributed by atoms with Crippen LogP contribution < -0.4 is 11.3 Å². The minimum atomic E-state index is -0.365. The maximum absolute atomic E-state index is 11.3. The molecule has 0 spiro atoms. The molecular weight excluding hydrogens is 202 g/mol. The van der Waals surface area contributed by atoms with Gasteiger partial charge in [-0.3, -0.25) is 10.6 Å². The second-order valence-electron chi connectivity index (χ2n) is 2.93. The Morgan fingerprint density at radius 1 is 1.50 bits per heavy atom. The van der Waals surface area contributed by atoms with Crippen molar-refractivity contribution in [2.45, 2.75) is 5.38 Å². The Kier molecular flexibility index (Phi) is 2.23. The van der Waals surface area contributed by atoms with Gasteiger partial charge in [0.25, 0.3) is 5.91 Å². The molecule has 3 N–H and O–H groups in total. The number of amides is 1. The number of aliphatic imine (C=N–C) groups is 1. The highest BCUT2D eigenvalue weighted by atomic mass is 35.5. The first-order chi connectivity index (χ1) is 6.72. The van der Waals surface area contributed by atoms with Crippen molar-refractivity contribution in [2.24, 2.45) is 10.8 Å². The van der Waals surface area contributed by atoms with Crippen LogP contribution in [0.25, 0.3) is 0 Å². The number of halogens is 1. The van der Waals surface area contributed by atoms with Crippen LogP contribution >= 0.6 is 11.6 Å². The van der Waals surface area contributed by atoms with E-state index in [1.165, 1.54) is 6.21 Å². The molecule has 0 aromatic heterocycles. The van der Waals surface area contributed by atoms with Crippen molar-refractivity contribution in [2.75, 3.05) is 5.43 Å². The molecule has 0 bridgehead atoms. The van der Waals surface area contributed by atoms with Gasteiger partial charge in [-0.15, -0.1) is 11.6 Å². The van der Waals surface area contributed by atoms with E-state index < -0.39 is 0 Å². The molecule has 1 atom stereocenters. The molecule has 1 amide bonds. The van der Waals surface area contributed by atoms with Gasteiger partial charge >= 0.3 is 0 Å². The molecular formula is C9H8ClN3O. The van der Waals surface area contributed by atoms with E-state index in [9.17, 15) is 4.79 Å². The number of hydrogen-bond acceptors (Lipinski definition) is 3. The summed E-state index contributed by atoms with van der Waals surface area (Å²) in [5, 5.41) is -0.365. The second kappa shape index (κ2) is 3.40. The molecule has 0 saturated heterocycles. The van der Waals surface area contributed by atoms with Crippen LogP contribution in [0, 0.1) is 0 Å². The Balaban J connectivity index is 2.55. The minimum Gasteiger partial charge on any atom is -0.324 e. The molecule has 1 heterocycles. The van der Waals surface area contributed by atoms with Crippen molar-refractivity contribution in [1.29, 1.82) is 0 Å². The number of anilines is 1. The standard InChI is InChI=1S/C9H8ClN3O/c10-8-4-12-9(14)6-2-1-5(13-11)3-7(6)8/h1-4,8,13H,11H2. The van der Waals surface area contributed by atoms with Crippen LogP contribution in [0.15, 0.2) is 23.2 Å². The fourth-order valence-corrected chi connectivity index (χ4v) is 1.60. The van der Waals surface area contributed by atoms with Gasteiger partial charge in [-0.05, 0) is 23.8 Å². The molecule has 4 nitrogen and oxygen atoms in total. The largest absolute Gasteiger partial charge is 0.324 e. The van der Waals surface area contributed by atoms with Crippen molar-refractivity contribution >= 4 is 29.4 Å². The smallest absolute Gasteiger partial charge is 0.277 e. The van der Waals surface area contributed by atoms with Gasteiger partial charge in [0.05, 0.1) is 5.38 Å². The van der Waals surface area contributed by atoms with E-state index in [2.05, 4.69) is 10.4 Å². The predicted molar refractivity (Wildman–Crippen MR) is 55.7 cm³/mol. The number of hydrazine groups is 1. The normalized spacial score (nSPS) is 19.3. The van der Waals surface area contributed by atoms with Crippen LogP contribution in [0.5, 0.6) is 0 Å². The van der Waals surface area contributed by atoms with Crippen molar-refractivity contribution in [1.82, 2.24) is 0 Å². The SMILES string of the molecule is NNc1ccc2c(c1)C(Cl)C=NC2=O. The summed E-state index contributed by atoms with van der Waals surface area (Å²) >= 11 is 5.97. The first-order valence-electron chi connectivity index (χ1n) is 4.05. The zero-order valence-electron chi connectivity index (χ0n) is 7.20. The zero-order chi connectivity index (χ0) is 10.1. The van der Waals surface area contributed by atoms with E-state index >= 15 is 0 Å². The summed E-state index contributed by atoms with van der Waals surface area (Å²) in [4.78, 5) is 15.0. The van der Waals surface area contributed by atoms with Crippen LogP contribution in [0.4, 0.5) is 5.69 Å². The van der Waals surface area contributed by atoms with E-state index in [4.69, 9.17) is 17.4 Å².